The lowest BCUT2D eigenvalue weighted by Crippen LogP contribution is -2.16. The van der Waals surface area contributed by atoms with Crippen LogP contribution in [0, 0.1) is 13.8 Å². The summed E-state index contributed by atoms with van der Waals surface area (Å²) in [4.78, 5) is 25.0. The number of Topliss-reactive ketones (excluding diaryl/α,β-unsaturated/α-hetero) is 1. The van der Waals surface area contributed by atoms with E-state index in [9.17, 15) is 9.59 Å². The van der Waals surface area contributed by atoms with E-state index >= 15 is 0 Å². The number of aryl methyl sites for hydroxylation is 1. The van der Waals surface area contributed by atoms with Crippen molar-refractivity contribution >= 4 is 11.8 Å². The first-order chi connectivity index (χ1) is 13.8. The number of nitrogens with zero attached hydrogens (tertiary/aromatic N) is 1. The molecule has 0 amide bonds. The third kappa shape index (κ3) is 5.60. The van der Waals surface area contributed by atoms with Gasteiger partial charge in [-0.25, -0.2) is 4.79 Å². The van der Waals surface area contributed by atoms with Crippen molar-refractivity contribution in [3.63, 3.8) is 0 Å². The van der Waals surface area contributed by atoms with Gasteiger partial charge in [0.05, 0.1) is 25.4 Å². The highest BCUT2D eigenvalue weighted by Gasteiger charge is 2.19. The van der Waals surface area contributed by atoms with Gasteiger partial charge in [-0.2, -0.15) is 0 Å². The molecule has 0 N–H and O–H groups in total. The minimum Gasteiger partial charge on any atom is -0.493 e. The van der Waals surface area contributed by atoms with Gasteiger partial charge in [-0.15, -0.1) is 0 Å². The predicted molar refractivity (Wildman–Crippen MR) is 109 cm³/mol. The Balaban J connectivity index is 2.06. The first kappa shape index (κ1) is 22.5. The van der Waals surface area contributed by atoms with E-state index in [2.05, 4.69) is 0 Å². The van der Waals surface area contributed by atoms with Gasteiger partial charge in [0.15, 0.2) is 18.1 Å². The van der Waals surface area contributed by atoms with E-state index in [-0.39, 0.29) is 24.1 Å². The first-order valence-electron chi connectivity index (χ1n) is 9.49. The lowest BCUT2D eigenvalue weighted by Gasteiger charge is -2.14. The fourth-order valence-corrected chi connectivity index (χ4v) is 3.05. The van der Waals surface area contributed by atoms with Crippen LogP contribution >= 0.6 is 0 Å². The number of ketones is 1. The molecule has 0 aliphatic heterocycles. The minimum absolute atomic E-state index is 0.0257. The quantitative estimate of drug-likeness (QED) is 0.446. The van der Waals surface area contributed by atoms with Gasteiger partial charge in [0.25, 0.3) is 0 Å². The van der Waals surface area contributed by atoms with E-state index in [1.807, 2.05) is 38.3 Å². The number of ether oxygens (including phenoxy) is 4. The third-order valence-corrected chi connectivity index (χ3v) is 4.49. The number of benzene rings is 1. The standard InChI is InChI=1S/C22H29NO6/c1-14(2)29-20-8-7-17(12-21(20)27-6)22(25)28-13-19(24)18-11-15(3)23(16(18)4)9-10-26-5/h7-8,11-12,14H,9-10,13H2,1-6H3. The zero-order valence-electron chi connectivity index (χ0n) is 17.9. The molecule has 0 saturated heterocycles. The van der Waals surface area contributed by atoms with Gasteiger partial charge < -0.3 is 23.5 Å². The Morgan fingerprint density at radius 3 is 2.41 bits per heavy atom. The maximum absolute atomic E-state index is 12.6. The van der Waals surface area contributed by atoms with Crippen molar-refractivity contribution in [2.24, 2.45) is 0 Å². The van der Waals surface area contributed by atoms with Crippen LogP contribution in [0.25, 0.3) is 0 Å². The number of hydrogen-bond donors (Lipinski definition) is 0. The van der Waals surface area contributed by atoms with E-state index in [1.165, 1.54) is 7.11 Å². The molecule has 7 nitrogen and oxygen atoms in total. The summed E-state index contributed by atoms with van der Waals surface area (Å²) in [5.74, 6) is 0.127. The minimum atomic E-state index is -0.596. The summed E-state index contributed by atoms with van der Waals surface area (Å²) in [7, 11) is 3.14. The van der Waals surface area contributed by atoms with Gasteiger partial charge in [-0.3, -0.25) is 4.79 Å². The number of methoxy groups -OCH3 is 2. The summed E-state index contributed by atoms with van der Waals surface area (Å²) in [6, 6.07) is 6.59. The van der Waals surface area contributed by atoms with Crippen LogP contribution in [0.3, 0.4) is 0 Å². The monoisotopic (exact) mass is 403 g/mol. The Labute approximate surface area is 171 Å². The van der Waals surface area contributed by atoms with Crippen LogP contribution in [-0.2, 0) is 16.0 Å². The maximum atomic E-state index is 12.6. The highest BCUT2D eigenvalue weighted by molar-refractivity contribution is 6.00. The van der Waals surface area contributed by atoms with Crippen LogP contribution in [0.15, 0.2) is 24.3 Å². The molecule has 1 aromatic carbocycles. The average molecular weight is 403 g/mol. The van der Waals surface area contributed by atoms with E-state index in [4.69, 9.17) is 18.9 Å². The van der Waals surface area contributed by atoms with Crippen LogP contribution in [0.1, 0.15) is 46.0 Å². The molecule has 0 aliphatic rings. The summed E-state index contributed by atoms with van der Waals surface area (Å²) in [5.41, 5.74) is 2.62. The van der Waals surface area contributed by atoms with E-state index in [0.29, 0.717) is 30.2 Å². The van der Waals surface area contributed by atoms with Gasteiger partial charge in [0.2, 0.25) is 5.78 Å². The topological polar surface area (TPSA) is 76.0 Å². The van der Waals surface area contributed by atoms with Crippen molar-refractivity contribution in [2.45, 2.75) is 40.3 Å². The number of carbonyl (C=O) groups excluding carboxylic acids is 2. The SMILES string of the molecule is COCCn1c(C)cc(C(=O)COC(=O)c2ccc(OC(C)C)c(OC)c2)c1C. The van der Waals surface area contributed by atoms with Crippen LogP contribution in [0.2, 0.25) is 0 Å². The highest BCUT2D eigenvalue weighted by atomic mass is 16.5. The summed E-state index contributed by atoms with van der Waals surface area (Å²) in [6.45, 7) is 8.48. The lowest BCUT2D eigenvalue weighted by atomic mass is 10.1. The van der Waals surface area contributed by atoms with Gasteiger partial charge >= 0.3 is 5.97 Å². The normalized spacial score (nSPS) is 10.9. The maximum Gasteiger partial charge on any atom is 0.338 e. The van der Waals surface area contributed by atoms with Gasteiger partial charge in [0, 0.05) is 30.6 Å². The molecule has 158 valence electrons. The molecular weight excluding hydrogens is 374 g/mol. The molecule has 0 aliphatic carbocycles. The van der Waals surface area contributed by atoms with E-state index < -0.39 is 5.97 Å². The molecule has 0 atom stereocenters. The van der Waals surface area contributed by atoms with E-state index in [1.54, 1.807) is 25.3 Å². The molecule has 0 bridgehead atoms. The summed E-state index contributed by atoms with van der Waals surface area (Å²) < 4.78 is 23.3. The smallest absolute Gasteiger partial charge is 0.338 e. The fourth-order valence-electron chi connectivity index (χ4n) is 3.05. The number of rotatable bonds is 10. The number of aromatic nitrogens is 1. The zero-order chi connectivity index (χ0) is 21.6. The molecule has 7 heteroatoms. The van der Waals surface area contributed by atoms with Crippen molar-refractivity contribution in [3.8, 4) is 11.5 Å². The Hall–Kier alpha value is -2.80. The number of esters is 1. The molecule has 0 radical (unpaired) electrons. The van der Waals surface area contributed by atoms with Crippen LogP contribution in [0.4, 0.5) is 0 Å². The fraction of sp³-hybridized carbons (Fsp3) is 0.455. The van der Waals surface area contributed by atoms with Crippen LogP contribution in [-0.4, -0.2) is 49.9 Å². The van der Waals surface area contributed by atoms with Crippen LogP contribution < -0.4 is 9.47 Å². The average Bonchev–Trinajstić information content (AvgIpc) is 2.97. The molecular formula is C22H29NO6. The summed E-state index contributed by atoms with van der Waals surface area (Å²) in [6.07, 6.45) is -0.0257. The first-order valence-corrected chi connectivity index (χ1v) is 9.49. The van der Waals surface area contributed by atoms with Gasteiger partial charge in [0.1, 0.15) is 0 Å². The predicted octanol–water partition coefficient (Wildman–Crippen LogP) is 3.59. The van der Waals surface area contributed by atoms with Crippen molar-refractivity contribution in [1.29, 1.82) is 0 Å². The van der Waals surface area contributed by atoms with Crippen LogP contribution in [0.5, 0.6) is 11.5 Å². The van der Waals surface area contributed by atoms with Gasteiger partial charge in [-0.1, -0.05) is 0 Å². The second-order valence-corrected chi connectivity index (χ2v) is 6.96. The molecule has 1 aromatic heterocycles. The van der Waals surface area contributed by atoms with Crippen molar-refractivity contribution in [2.75, 3.05) is 27.4 Å². The number of hydrogen-bond acceptors (Lipinski definition) is 6. The summed E-state index contributed by atoms with van der Waals surface area (Å²) >= 11 is 0. The Morgan fingerprint density at radius 2 is 1.79 bits per heavy atom. The molecule has 2 rings (SSSR count). The number of carbonyl (C=O) groups is 2. The Kier molecular flexibility index (Phi) is 7.84. The van der Waals surface area contributed by atoms with Crippen molar-refractivity contribution in [1.82, 2.24) is 4.57 Å². The Morgan fingerprint density at radius 1 is 1.07 bits per heavy atom. The lowest BCUT2D eigenvalue weighted by molar-refractivity contribution is 0.0474. The largest absolute Gasteiger partial charge is 0.493 e. The second kappa shape index (κ2) is 10.1. The molecule has 1 heterocycles. The molecule has 0 fully saturated rings. The second-order valence-electron chi connectivity index (χ2n) is 6.96. The Bertz CT molecular complexity index is 868. The molecule has 0 unspecified atom stereocenters. The molecule has 2 aromatic rings. The van der Waals surface area contributed by atoms with E-state index in [0.717, 1.165) is 11.4 Å². The van der Waals surface area contributed by atoms with Crippen molar-refractivity contribution in [3.05, 3.63) is 46.8 Å². The third-order valence-electron chi connectivity index (χ3n) is 4.49. The zero-order valence-corrected chi connectivity index (χ0v) is 17.9. The van der Waals surface area contributed by atoms with Crippen molar-refractivity contribution < 1.29 is 28.5 Å². The highest BCUT2D eigenvalue weighted by Crippen LogP contribution is 2.29. The molecule has 0 spiro atoms. The summed E-state index contributed by atoms with van der Waals surface area (Å²) in [5, 5.41) is 0. The van der Waals surface area contributed by atoms with Gasteiger partial charge in [-0.05, 0) is 52.0 Å². The molecule has 0 saturated carbocycles. The molecule has 29 heavy (non-hydrogen) atoms.